The molecule has 7 nitrogen and oxygen atoms in total. The molecule has 1 aromatic carbocycles. The van der Waals surface area contributed by atoms with Crippen molar-refractivity contribution >= 4 is 17.7 Å². The summed E-state index contributed by atoms with van der Waals surface area (Å²) in [5.74, 6) is -1.37. The molecule has 0 saturated carbocycles. The van der Waals surface area contributed by atoms with Crippen molar-refractivity contribution in [3.8, 4) is 0 Å². The van der Waals surface area contributed by atoms with Gasteiger partial charge in [-0.15, -0.1) is 0 Å². The molecule has 1 aromatic rings. The van der Waals surface area contributed by atoms with E-state index in [4.69, 9.17) is 5.11 Å². The first-order chi connectivity index (χ1) is 9.51. The van der Waals surface area contributed by atoms with Crippen molar-refractivity contribution in [2.45, 2.75) is 32.2 Å². The number of nitrogens with zero attached hydrogens (tertiary/aromatic N) is 2. The molecule has 0 amide bonds. The second-order valence-corrected chi connectivity index (χ2v) is 4.22. The van der Waals surface area contributed by atoms with Gasteiger partial charge in [-0.1, -0.05) is 25.8 Å². The zero-order valence-corrected chi connectivity index (χ0v) is 10.9. The number of carbonyl (C=O) groups is 1. The van der Waals surface area contributed by atoms with Crippen LogP contribution in [0.15, 0.2) is 23.2 Å². The molecular formula is C13H14N2O5. The largest absolute Gasteiger partial charge is 0.477 e. The quantitative estimate of drug-likeness (QED) is 0.357. The first kappa shape index (κ1) is 15.5. The van der Waals surface area contributed by atoms with E-state index in [9.17, 15) is 19.7 Å². The monoisotopic (exact) mass is 278 g/mol. The summed E-state index contributed by atoms with van der Waals surface area (Å²) in [7, 11) is 0. The van der Waals surface area contributed by atoms with Gasteiger partial charge >= 0.3 is 5.97 Å². The Morgan fingerprint density at radius 3 is 2.75 bits per heavy atom. The SMILES string of the molecule is CCCC[C@@H](N=C=O)c1ccc(C(=O)O)c([N+](=O)[O-])c1. The molecule has 0 heterocycles. The lowest BCUT2D eigenvalue weighted by molar-refractivity contribution is -0.385. The molecule has 0 aromatic heterocycles. The van der Waals surface area contributed by atoms with Gasteiger partial charge in [0.1, 0.15) is 5.56 Å². The average Bonchev–Trinajstić information content (AvgIpc) is 2.42. The number of carboxylic acid groups (broad SMARTS) is 1. The third-order valence-electron chi connectivity index (χ3n) is 2.87. The Bertz CT molecular complexity index is 564. The van der Waals surface area contributed by atoms with Crippen LogP contribution in [0.25, 0.3) is 0 Å². The number of hydrogen-bond donors (Lipinski definition) is 1. The Morgan fingerprint density at radius 1 is 1.55 bits per heavy atom. The highest BCUT2D eigenvalue weighted by Crippen LogP contribution is 2.28. The van der Waals surface area contributed by atoms with E-state index in [1.165, 1.54) is 12.1 Å². The first-order valence-corrected chi connectivity index (χ1v) is 6.09. The Hall–Kier alpha value is -2.53. The van der Waals surface area contributed by atoms with E-state index in [0.717, 1.165) is 25.0 Å². The van der Waals surface area contributed by atoms with Crippen molar-refractivity contribution < 1.29 is 19.6 Å². The number of rotatable bonds is 7. The molecule has 0 aliphatic heterocycles. The van der Waals surface area contributed by atoms with Gasteiger partial charge in [0, 0.05) is 6.07 Å². The molecule has 0 fully saturated rings. The molecule has 1 atom stereocenters. The number of carbonyl (C=O) groups excluding carboxylic acids is 1. The lowest BCUT2D eigenvalue weighted by Crippen LogP contribution is -2.05. The van der Waals surface area contributed by atoms with Gasteiger partial charge in [0.05, 0.1) is 11.0 Å². The predicted molar refractivity (Wildman–Crippen MR) is 70.4 cm³/mol. The predicted octanol–water partition coefficient (Wildman–Crippen LogP) is 2.86. The minimum atomic E-state index is -1.37. The lowest BCUT2D eigenvalue weighted by atomic mass is 9.99. The van der Waals surface area contributed by atoms with E-state index in [0.29, 0.717) is 12.0 Å². The van der Waals surface area contributed by atoms with Crippen molar-refractivity contribution in [1.29, 1.82) is 0 Å². The van der Waals surface area contributed by atoms with Gasteiger partial charge < -0.3 is 5.11 Å². The third-order valence-corrected chi connectivity index (χ3v) is 2.87. The molecule has 106 valence electrons. The summed E-state index contributed by atoms with van der Waals surface area (Å²) >= 11 is 0. The van der Waals surface area contributed by atoms with Crippen LogP contribution < -0.4 is 0 Å². The lowest BCUT2D eigenvalue weighted by Gasteiger charge is -2.10. The Morgan fingerprint density at radius 2 is 2.25 bits per heavy atom. The molecule has 0 spiro atoms. The second kappa shape index (κ2) is 7.16. The molecule has 0 bridgehead atoms. The van der Waals surface area contributed by atoms with Gasteiger partial charge in [-0.3, -0.25) is 10.1 Å². The van der Waals surface area contributed by atoms with Crippen molar-refractivity contribution in [3.63, 3.8) is 0 Å². The highest BCUT2D eigenvalue weighted by Gasteiger charge is 2.22. The summed E-state index contributed by atoms with van der Waals surface area (Å²) in [5.41, 5.74) is -0.445. The molecule has 0 radical (unpaired) electrons. The summed E-state index contributed by atoms with van der Waals surface area (Å²) in [6, 6.07) is 3.23. The highest BCUT2D eigenvalue weighted by molar-refractivity contribution is 5.92. The zero-order chi connectivity index (χ0) is 15.1. The normalized spacial score (nSPS) is 11.4. The van der Waals surface area contributed by atoms with E-state index in [2.05, 4.69) is 4.99 Å². The fourth-order valence-corrected chi connectivity index (χ4v) is 1.85. The minimum absolute atomic E-state index is 0.386. The number of unbranched alkanes of at least 4 members (excludes halogenated alkanes) is 1. The van der Waals surface area contributed by atoms with Crippen LogP contribution in [0.4, 0.5) is 5.69 Å². The maximum atomic E-state index is 10.9. The van der Waals surface area contributed by atoms with Crippen LogP contribution >= 0.6 is 0 Å². The van der Waals surface area contributed by atoms with Gasteiger partial charge in [-0.05, 0) is 18.1 Å². The van der Waals surface area contributed by atoms with E-state index in [1.54, 1.807) is 0 Å². The van der Waals surface area contributed by atoms with Crippen molar-refractivity contribution in [3.05, 3.63) is 39.4 Å². The van der Waals surface area contributed by atoms with Crippen LogP contribution in [0.2, 0.25) is 0 Å². The van der Waals surface area contributed by atoms with E-state index in [-0.39, 0.29) is 5.56 Å². The van der Waals surface area contributed by atoms with Crippen LogP contribution in [0.5, 0.6) is 0 Å². The van der Waals surface area contributed by atoms with Crippen molar-refractivity contribution in [2.75, 3.05) is 0 Å². The molecule has 0 saturated heterocycles. The Balaban J connectivity index is 3.23. The number of aromatic carboxylic acids is 1. The summed E-state index contributed by atoms with van der Waals surface area (Å²) < 4.78 is 0. The van der Waals surface area contributed by atoms with Gasteiger partial charge in [0.25, 0.3) is 5.69 Å². The molecule has 1 rings (SSSR count). The van der Waals surface area contributed by atoms with Crippen LogP contribution in [0.3, 0.4) is 0 Å². The smallest absolute Gasteiger partial charge is 0.342 e. The number of nitro groups is 1. The fraction of sp³-hybridized carbons (Fsp3) is 0.385. The van der Waals surface area contributed by atoms with Crippen molar-refractivity contribution in [1.82, 2.24) is 0 Å². The molecule has 20 heavy (non-hydrogen) atoms. The molecule has 7 heteroatoms. The van der Waals surface area contributed by atoms with Crippen LogP contribution in [-0.2, 0) is 4.79 Å². The van der Waals surface area contributed by atoms with Gasteiger partial charge in [0.15, 0.2) is 0 Å². The Labute approximate surface area is 115 Å². The molecule has 0 aliphatic carbocycles. The zero-order valence-electron chi connectivity index (χ0n) is 10.9. The van der Waals surface area contributed by atoms with E-state index in [1.807, 2.05) is 6.92 Å². The van der Waals surface area contributed by atoms with Gasteiger partial charge in [-0.2, -0.15) is 4.99 Å². The third kappa shape index (κ3) is 3.73. The van der Waals surface area contributed by atoms with Crippen LogP contribution in [-0.4, -0.2) is 22.1 Å². The number of aliphatic imine (C=N–C) groups is 1. The maximum Gasteiger partial charge on any atom is 0.342 e. The average molecular weight is 278 g/mol. The number of nitro benzene ring substituents is 1. The number of carboxylic acids is 1. The summed E-state index contributed by atoms with van der Waals surface area (Å²) in [5, 5.41) is 19.8. The maximum absolute atomic E-state index is 10.9. The van der Waals surface area contributed by atoms with Crippen LogP contribution in [0, 0.1) is 10.1 Å². The fourth-order valence-electron chi connectivity index (χ4n) is 1.85. The Kier molecular flexibility index (Phi) is 5.56. The number of benzene rings is 1. The molecule has 0 unspecified atom stereocenters. The summed E-state index contributed by atoms with van der Waals surface area (Å²) in [6.07, 6.45) is 3.69. The summed E-state index contributed by atoms with van der Waals surface area (Å²) in [6.45, 7) is 1.97. The molecule has 0 aliphatic rings. The topological polar surface area (TPSA) is 110 Å². The van der Waals surface area contributed by atoms with E-state index >= 15 is 0 Å². The minimum Gasteiger partial charge on any atom is -0.477 e. The highest BCUT2D eigenvalue weighted by atomic mass is 16.6. The standard InChI is InChI=1S/C13H14N2O5/c1-2-3-4-11(14-8-16)9-5-6-10(13(17)18)12(7-9)15(19)20/h5-7,11H,2-4H2,1H3,(H,17,18)/t11-/m1/s1. The molecular weight excluding hydrogens is 264 g/mol. The summed E-state index contributed by atoms with van der Waals surface area (Å²) in [4.78, 5) is 35.1. The number of isocyanates is 1. The van der Waals surface area contributed by atoms with Gasteiger partial charge in [0.2, 0.25) is 6.08 Å². The molecule has 1 N–H and O–H groups in total. The second-order valence-electron chi connectivity index (χ2n) is 4.22. The number of hydrogen-bond acceptors (Lipinski definition) is 5. The van der Waals surface area contributed by atoms with Crippen molar-refractivity contribution in [2.24, 2.45) is 4.99 Å². The first-order valence-electron chi connectivity index (χ1n) is 6.09. The van der Waals surface area contributed by atoms with Crippen LogP contribution in [0.1, 0.15) is 48.1 Å². The van der Waals surface area contributed by atoms with Gasteiger partial charge in [-0.25, -0.2) is 9.59 Å². The van der Waals surface area contributed by atoms with E-state index < -0.39 is 22.6 Å².